The Balaban J connectivity index is 2.35. The third-order valence-corrected chi connectivity index (χ3v) is 4.75. The standard InChI is InChI=1S/C15H26N4S/c1-6-12(9-20-5)19(4)15-10(2)13(16-3)17-14(18-15)11-7-8-11/h11-12H,6-9H2,1-5H3,(H,16,17,18). The van der Waals surface area contributed by atoms with Crippen LogP contribution in [0.1, 0.15) is 43.5 Å². The maximum atomic E-state index is 4.86. The predicted molar refractivity (Wildman–Crippen MR) is 89.2 cm³/mol. The van der Waals surface area contributed by atoms with Crippen LogP contribution in [-0.2, 0) is 0 Å². The lowest BCUT2D eigenvalue weighted by atomic mass is 10.2. The van der Waals surface area contributed by atoms with Gasteiger partial charge in [-0.3, -0.25) is 0 Å². The van der Waals surface area contributed by atoms with Crippen LogP contribution in [-0.4, -0.2) is 42.1 Å². The van der Waals surface area contributed by atoms with Crippen molar-refractivity contribution in [2.75, 3.05) is 36.3 Å². The van der Waals surface area contributed by atoms with Gasteiger partial charge >= 0.3 is 0 Å². The third kappa shape index (κ3) is 3.19. The molecule has 1 aliphatic rings. The first-order chi connectivity index (χ1) is 9.62. The fourth-order valence-electron chi connectivity index (χ4n) is 2.50. The van der Waals surface area contributed by atoms with Crippen LogP contribution in [0, 0.1) is 6.92 Å². The van der Waals surface area contributed by atoms with Crippen LogP contribution < -0.4 is 10.2 Å². The van der Waals surface area contributed by atoms with E-state index in [-0.39, 0.29) is 0 Å². The Morgan fingerprint density at radius 3 is 2.60 bits per heavy atom. The molecule has 0 amide bonds. The lowest BCUT2D eigenvalue weighted by molar-refractivity contribution is 0.660. The van der Waals surface area contributed by atoms with Crippen molar-refractivity contribution in [2.45, 2.75) is 45.1 Å². The van der Waals surface area contributed by atoms with Gasteiger partial charge in [0.1, 0.15) is 17.5 Å². The van der Waals surface area contributed by atoms with E-state index in [0.29, 0.717) is 12.0 Å². The van der Waals surface area contributed by atoms with Crippen LogP contribution in [0.5, 0.6) is 0 Å². The molecule has 1 atom stereocenters. The van der Waals surface area contributed by atoms with Crippen molar-refractivity contribution in [1.82, 2.24) is 9.97 Å². The van der Waals surface area contributed by atoms with Gasteiger partial charge in [-0.25, -0.2) is 9.97 Å². The van der Waals surface area contributed by atoms with Crippen LogP contribution >= 0.6 is 11.8 Å². The molecule has 0 saturated heterocycles. The number of hydrogen-bond acceptors (Lipinski definition) is 5. The molecular formula is C15H26N4S. The Bertz CT molecular complexity index is 459. The van der Waals surface area contributed by atoms with E-state index in [0.717, 1.165) is 35.2 Å². The van der Waals surface area contributed by atoms with Gasteiger partial charge < -0.3 is 10.2 Å². The quantitative estimate of drug-likeness (QED) is 0.836. The molecule has 5 heteroatoms. The van der Waals surface area contributed by atoms with Gasteiger partial charge in [0.05, 0.1) is 0 Å². The lowest BCUT2D eigenvalue weighted by Gasteiger charge is -2.29. The average molecular weight is 294 g/mol. The molecule has 0 radical (unpaired) electrons. The van der Waals surface area contributed by atoms with Gasteiger partial charge in [0.2, 0.25) is 0 Å². The van der Waals surface area contributed by atoms with Gasteiger partial charge in [-0.15, -0.1) is 0 Å². The molecule has 1 fully saturated rings. The van der Waals surface area contributed by atoms with Gasteiger partial charge in [0.25, 0.3) is 0 Å². The van der Waals surface area contributed by atoms with E-state index in [2.05, 4.69) is 42.4 Å². The fraction of sp³-hybridized carbons (Fsp3) is 0.733. The van der Waals surface area contributed by atoms with E-state index in [1.165, 1.54) is 12.8 Å². The van der Waals surface area contributed by atoms with Crippen molar-refractivity contribution in [1.29, 1.82) is 0 Å². The molecule has 0 bridgehead atoms. The number of rotatable bonds is 7. The second kappa shape index (κ2) is 6.66. The highest BCUT2D eigenvalue weighted by atomic mass is 32.2. The highest BCUT2D eigenvalue weighted by molar-refractivity contribution is 7.98. The van der Waals surface area contributed by atoms with E-state index in [4.69, 9.17) is 4.98 Å². The molecule has 0 spiro atoms. The summed E-state index contributed by atoms with van der Waals surface area (Å²) < 4.78 is 0. The van der Waals surface area contributed by atoms with E-state index in [1.54, 1.807) is 0 Å². The van der Waals surface area contributed by atoms with Crippen molar-refractivity contribution in [2.24, 2.45) is 0 Å². The molecule has 0 aromatic carbocycles. The highest BCUT2D eigenvalue weighted by Crippen LogP contribution is 2.40. The first-order valence-corrected chi connectivity index (χ1v) is 8.79. The van der Waals surface area contributed by atoms with Crippen LogP contribution in [0.3, 0.4) is 0 Å². The molecule has 1 aromatic heterocycles. The van der Waals surface area contributed by atoms with Gasteiger partial charge in [-0.05, 0) is 32.4 Å². The number of anilines is 2. The van der Waals surface area contributed by atoms with Crippen molar-refractivity contribution in [3.8, 4) is 0 Å². The molecule has 4 nitrogen and oxygen atoms in total. The molecule has 2 rings (SSSR count). The number of aromatic nitrogens is 2. The Morgan fingerprint density at radius 2 is 2.10 bits per heavy atom. The Morgan fingerprint density at radius 1 is 1.40 bits per heavy atom. The van der Waals surface area contributed by atoms with Crippen LogP contribution in [0.15, 0.2) is 0 Å². The average Bonchev–Trinajstić information content (AvgIpc) is 3.29. The summed E-state index contributed by atoms with van der Waals surface area (Å²) in [5.41, 5.74) is 1.15. The molecular weight excluding hydrogens is 268 g/mol. The maximum Gasteiger partial charge on any atom is 0.137 e. The van der Waals surface area contributed by atoms with Crippen LogP contribution in [0.2, 0.25) is 0 Å². The minimum Gasteiger partial charge on any atom is -0.373 e. The summed E-state index contributed by atoms with van der Waals surface area (Å²) in [7, 11) is 4.10. The summed E-state index contributed by atoms with van der Waals surface area (Å²) in [6.45, 7) is 4.36. The Hall–Kier alpha value is -0.970. The number of thioether (sulfide) groups is 1. The van der Waals surface area contributed by atoms with Crippen molar-refractivity contribution in [3.63, 3.8) is 0 Å². The molecule has 1 unspecified atom stereocenters. The second-order valence-electron chi connectivity index (χ2n) is 5.53. The zero-order valence-corrected chi connectivity index (χ0v) is 14.0. The molecule has 1 heterocycles. The summed E-state index contributed by atoms with van der Waals surface area (Å²) in [6, 6.07) is 0.523. The normalized spacial score (nSPS) is 16.1. The van der Waals surface area contributed by atoms with E-state index in [9.17, 15) is 0 Å². The van der Waals surface area contributed by atoms with Gasteiger partial charge in [-0.1, -0.05) is 6.92 Å². The van der Waals surface area contributed by atoms with Crippen molar-refractivity contribution in [3.05, 3.63) is 11.4 Å². The molecule has 1 N–H and O–H groups in total. The number of nitrogens with zero attached hydrogens (tertiary/aromatic N) is 3. The monoisotopic (exact) mass is 294 g/mol. The molecule has 1 aliphatic carbocycles. The molecule has 1 aromatic rings. The molecule has 20 heavy (non-hydrogen) atoms. The minimum atomic E-state index is 0.523. The third-order valence-electron chi connectivity index (χ3n) is 4.03. The van der Waals surface area contributed by atoms with E-state index < -0.39 is 0 Å². The van der Waals surface area contributed by atoms with Crippen molar-refractivity contribution < 1.29 is 0 Å². The highest BCUT2D eigenvalue weighted by Gasteiger charge is 2.29. The van der Waals surface area contributed by atoms with Gasteiger partial charge in [0.15, 0.2) is 0 Å². The topological polar surface area (TPSA) is 41.1 Å². The Labute approximate surface area is 126 Å². The smallest absolute Gasteiger partial charge is 0.137 e. The summed E-state index contributed by atoms with van der Waals surface area (Å²) in [5.74, 6) is 4.79. The SMILES string of the molecule is CCC(CSC)N(C)c1nc(C2CC2)nc(NC)c1C. The first kappa shape index (κ1) is 15.4. The number of hydrogen-bond donors (Lipinski definition) is 1. The molecule has 112 valence electrons. The molecule has 0 aliphatic heterocycles. The zero-order valence-electron chi connectivity index (χ0n) is 13.2. The minimum absolute atomic E-state index is 0.523. The number of nitrogens with one attached hydrogen (secondary N) is 1. The zero-order chi connectivity index (χ0) is 14.7. The fourth-order valence-corrected chi connectivity index (χ4v) is 3.35. The van der Waals surface area contributed by atoms with Crippen LogP contribution in [0.4, 0.5) is 11.6 Å². The summed E-state index contributed by atoms with van der Waals surface area (Å²) >= 11 is 1.90. The largest absolute Gasteiger partial charge is 0.373 e. The van der Waals surface area contributed by atoms with Crippen LogP contribution in [0.25, 0.3) is 0 Å². The van der Waals surface area contributed by atoms with Crippen molar-refractivity contribution >= 4 is 23.4 Å². The van der Waals surface area contributed by atoms with Gasteiger partial charge in [0, 0.05) is 37.4 Å². The van der Waals surface area contributed by atoms with E-state index >= 15 is 0 Å². The Kier molecular flexibility index (Phi) is 5.13. The summed E-state index contributed by atoms with van der Waals surface area (Å²) in [5, 5.41) is 3.22. The summed E-state index contributed by atoms with van der Waals surface area (Å²) in [4.78, 5) is 11.9. The summed E-state index contributed by atoms with van der Waals surface area (Å²) in [6.07, 6.45) is 5.77. The van der Waals surface area contributed by atoms with E-state index in [1.807, 2.05) is 18.8 Å². The maximum absolute atomic E-state index is 4.86. The lowest BCUT2D eigenvalue weighted by Crippen LogP contribution is -2.34. The first-order valence-electron chi connectivity index (χ1n) is 7.40. The second-order valence-corrected chi connectivity index (χ2v) is 6.44. The van der Waals surface area contributed by atoms with Gasteiger partial charge in [-0.2, -0.15) is 11.8 Å². The molecule has 1 saturated carbocycles. The predicted octanol–water partition coefficient (Wildman–Crippen LogP) is 3.28.